The molecule has 0 unspecified atom stereocenters. The molecule has 0 radical (unpaired) electrons. The van der Waals surface area contributed by atoms with Gasteiger partial charge in [0.25, 0.3) is 0 Å². The van der Waals surface area contributed by atoms with Gasteiger partial charge in [0.15, 0.2) is 0 Å². The maximum absolute atomic E-state index is 6.11. The molecule has 0 amide bonds. The van der Waals surface area contributed by atoms with E-state index in [2.05, 4.69) is 51.0 Å². The zero-order valence-corrected chi connectivity index (χ0v) is 13.5. The topological polar surface area (TPSA) is 34.1 Å². The Bertz CT molecular complexity index is 615. The zero-order chi connectivity index (χ0) is 15.5. The molecule has 0 spiro atoms. The Hall–Kier alpha value is -1.87. The lowest BCUT2D eigenvalue weighted by molar-refractivity contribution is 0.413. The average molecular weight is 284 g/mol. The third-order valence-electron chi connectivity index (χ3n) is 3.44. The van der Waals surface area contributed by atoms with Crippen LogP contribution in [0.2, 0.25) is 0 Å². The standard InChI is InChI=1S/C18H24N2O/c1-13-7-6-8-16(14(13)2)21-17-9-10-19-11-15(17)12-20-18(3,4)5/h6-11,20H,12H2,1-5H3. The summed E-state index contributed by atoms with van der Waals surface area (Å²) in [5, 5.41) is 3.47. The number of nitrogens with zero attached hydrogens (tertiary/aromatic N) is 1. The molecule has 0 saturated carbocycles. The van der Waals surface area contributed by atoms with Crippen molar-refractivity contribution in [2.45, 2.75) is 46.7 Å². The molecule has 1 aromatic carbocycles. The van der Waals surface area contributed by atoms with Gasteiger partial charge < -0.3 is 10.1 Å². The SMILES string of the molecule is Cc1cccc(Oc2ccncc2CNC(C)(C)C)c1C. The van der Waals surface area contributed by atoms with E-state index >= 15 is 0 Å². The molecule has 1 N–H and O–H groups in total. The second-order valence-corrected chi connectivity index (χ2v) is 6.39. The lowest BCUT2D eigenvalue weighted by atomic mass is 10.1. The molecule has 112 valence electrons. The van der Waals surface area contributed by atoms with E-state index in [1.807, 2.05) is 24.4 Å². The minimum Gasteiger partial charge on any atom is -0.457 e. The first kappa shape index (κ1) is 15.5. The maximum Gasteiger partial charge on any atom is 0.135 e. The van der Waals surface area contributed by atoms with Gasteiger partial charge in [0.2, 0.25) is 0 Å². The van der Waals surface area contributed by atoms with Crippen molar-refractivity contribution in [3.05, 3.63) is 53.3 Å². The Morgan fingerprint density at radius 1 is 1.10 bits per heavy atom. The van der Waals surface area contributed by atoms with Crippen molar-refractivity contribution in [3.8, 4) is 11.5 Å². The van der Waals surface area contributed by atoms with E-state index in [1.165, 1.54) is 11.1 Å². The fourth-order valence-electron chi connectivity index (χ4n) is 1.96. The Balaban J connectivity index is 2.22. The average Bonchev–Trinajstić information content (AvgIpc) is 2.42. The third-order valence-corrected chi connectivity index (χ3v) is 3.44. The summed E-state index contributed by atoms with van der Waals surface area (Å²) in [7, 11) is 0. The van der Waals surface area contributed by atoms with E-state index in [-0.39, 0.29) is 5.54 Å². The molecule has 0 atom stereocenters. The number of nitrogens with one attached hydrogen (secondary N) is 1. The quantitative estimate of drug-likeness (QED) is 0.904. The number of hydrogen-bond donors (Lipinski definition) is 1. The normalized spacial score (nSPS) is 11.5. The fraction of sp³-hybridized carbons (Fsp3) is 0.389. The first-order valence-corrected chi connectivity index (χ1v) is 7.29. The summed E-state index contributed by atoms with van der Waals surface area (Å²) < 4.78 is 6.11. The highest BCUT2D eigenvalue weighted by molar-refractivity contribution is 5.42. The first-order chi connectivity index (χ1) is 9.87. The van der Waals surface area contributed by atoms with E-state index < -0.39 is 0 Å². The van der Waals surface area contributed by atoms with Crippen LogP contribution in [0, 0.1) is 13.8 Å². The van der Waals surface area contributed by atoms with Crippen LogP contribution >= 0.6 is 0 Å². The Morgan fingerprint density at radius 3 is 2.57 bits per heavy atom. The van der Waals surface area contributed by atoms with Crippen LogP contribution in [0.3, 0.4) is 0 Å². The molecule has 0 aliphatic heterocycles. The summed E-state index contributed by atoms with van der Waals surface area (Å²) in [5.41, 5.74) is 3.53. The van der Waals surface area contributed by atoms with Crippen molar-refractivity contribution >= 4 is 0 Å². The van der Waals surface area contributed by atoms with Crippen LogP contribution in [-0.4, -0.2) is 10.5 Å². The van der Waals surface area contributed by atoms with Gasteiger partial charge in [-0.1, -0.05) is 12.1 Å². The summed E-state index contributed by atoms with van der Waals surface area (Å²) >= 11 is 0. The number of ether oxygens (including phenoxy) is 1. The van der Waals surface area contributed by atoms with E-state index in [0.29, 0.717) is 0 Å². The van der Waals surface area contributed by atoms with Gasteiger partial charge in [-0.3, -0.25) is 4.98 Å². The molecule has 2 rings (SSSR count). The molecule has 0 bridgehead atoms. The van der Waals surface area contributed by atoms with Crippen LogP contribution in [0.15, 0.2) is 36.7 Å². The molecule has 0 aliphatic carbocycles. The van der Waals surface area contributed by atoms with Crippen LogP contribution in [-0.2, 0) is 6.54 Å². The highest BCUT2D eigenvalue weighted by Gasteiger charge is 2.12. The third kappa shape index (κ3) is 4.30. The number of hydrogen-bond acceptors (Lipinski definition) is 3. The molecule has 0 saturated heterocycles. The van der Waals surface area contributed by atoms with E-state index in [9.17, 15) is 0 Å². The molecule has 0 fully saturated rings. The van der Waals surface area contributed by atoms with Gasteiger partial charge in [-0.25, -0.2) is 0 Å². The minimum absolute atomic E-state index is 0.0619. The fourth-order valence-corrected chi connectivity index (χ4v) is 1.96. The van der Waals surface area contributed by atoms with E-state index in [0.717, 1.165) is 23.6 Å². The molecule has 0 aliphatic rings. The highest BCUT2D eigenvalue weighted by atomic mass is 16.5. The smallest absolute Gasteiger partial charge is 0.135 e. The predicted molar refractivity (Wildman–Crippen MR) is 86.8 cm³/mol. The first-order valence-electron chi connectivity index (χ1n) is 7.29. The maximum atomic E-state index is 6.11. The molecule has 21 heavy (non-hydrogen) atoms. The molecule has 3 heteroatoms. The van der Waals surface area contributed by atoms with Crippen molar-refractivity contribution < 1.29 is 4.74 Å². The second-order valence-electron chi connectivity index (χ2n) is 6.39. The van der Waals surface area contributed by atoms with E-state index in [4.69, 9.17) is 4.74 Å². The zero-order valence-electron chi connectivity index (χ0n) is 13.5. The van der Waals surface area contributed by atoms with Crippen LogP contribution in [0.25, 0.3) is 0 Å². The molecular weight excluding hydrogens is 260 g/mol. The van der Waals surface area contributed by atoms with Gasteiger partial charge in [-0.2, -0.15) is 0 Å². The molecule has 2 aromatic rings. The van der Waals surface area contributed by atoms with Gasteiger partial charge >= 0.3 is 0 Å². The Kier molecular flexibility index (Phi) is 4.63. The van der Waals surface area contributed by atoms with Gasteiger partial charge in [0.1, 0.15) is 11.5 Å². The van der Waals surface area contributed by atoms with E-state index in [1.54, 1.807) is 6.20 Å². The van der Waals surface area contributed by atoms with Crippen molar-refractivity contribution in [1.82, 2.24) is 10.3 Å². The summed E-state index contributed by atoms with van der Waals surface area (Å²) in [6.45, 7) is 11.4. The second kappa shape index (κ2) is 6.27. The Morgan fingerprint density at radius 2 is 1.86 bits per heavy atom. The summed E-state index contributed by atoms with van der Waals surface area (Å²) in [4.78, 5) is 4.21. The molecule has 1 heterocycles. The summed E-state index contributed by atoms with van der Waals surface area (Å²) in [5.74, 6) is 1.76. The van der Waals surface area contributed by atoms with Crippen LogP contribution in [0.5, 0.6) is 11.5 Å². The predicted octanol–water partition coefficient (Wildman–Crippen LogP) is 4.38. The van der Waals surface area contributed by atoms with Crippen molar-refractivity contribution in [2.75, 3.05) is 0 Å². The van der Waals surface area contributed by atoms with Crippen LogP contribution < -0.4 is 10.1 Å². The van der Waals surface area contributed by atoms with Crippen molar-refractivity contribution in [2.24, 2.45) is 0 Å². The summed E-state index contributed by atoms with van der Waals surface area (Å²) in [6.07, 6.45) is 3.63. The lowest BCUT2D eigenvalue weighted by Crippen LogP contribution is -2.35. The van der Waals surface area contributed by atoms with Crippen molar-refractivity contribution in [1.29, 1.82) is 0 Å². The van der Waals surface area contributed by atoms with Gasteiger partial charge in [-0.15, -0.1) is 0 Å². The summed E-state index contributed by atoms with van der Waals surface area (Å²) in [6, 6.07) is 8.04. The number of aryl methyl sites for hydroxylation is 1. The number of pyridine rings is 1. The number of aromatic nitrogens is 1. The highest BCUT2D eigenvalue weighted by Crippen LogP contribution is 2.29. The van der Waals surface area contributed by atoms with Gasteiger partial charge in [-0.05, 0) is 57.9 Å². The largest absolute Gasteiger partial charge is 0.457 e. The number of benzene rings is 1. The monoisotopic (exact) mass is 284 g/mol. The van der Waals surface area contributed by atoms with Gasteiger partial charge in [0, 0.05) is 30.0 Å². The Labute approximate surface area is 127 Å². The molecular formula is C18H24N2O. The lowest BCUT2D eigenvalue weighted by Gasteiger charge is -2.21. The number of rotatable bonds is 4. The van der Waals surface area contributed by atoms with Crippen LogP contribution in [0.1, 0.15) is 37.5 Å². The van der Waals surface area contributed by atoms with Gasteiger partial charge in [0.05, 0.1) is 0 Å². The molecule has 1 aromatic heterocycles. The minimum atomic E-state index is 0.0619. The van der Waals surface area contributed by atoms with Crippen molar-refractivity contribution in [3.63, 3.8) is 0 Å². The molecule has 3 nitrogen and oxygen atoms in total. The van der Waals surface area contributed by atoms with Crippen LogP contribution in [0.4, 0.5) is 0 Å².